The summed E-state index contributed by atoms with van der Waals surface area (Å²) < 4.78 is 0. The molecule has 0 saturated heterocycles. The van der Waals surface area contributed by atoms with E-state index in [0.717, 1.165) is 0 Å². The number of benzene rings is 4. The molecule has 0 aromatic heterocycles. The van der Waals surface area contributed by atoms with Crippen LogP contribution in [0.4, 0.5) is 0 Å². The van der Waals surface area contributed by atoms with Crippen molar-refractivity contribution in [2.75, 3.05) is 0 Å². The summed E-state index contributed by atoms with van der Waals surface area (Å²) in [5.74, 6) is 0. The van der Waals surface area contributed by atoms with Crippen LogP contribution in [-0.4, -0.2) is 0 Å². The van der Waals surface area contributed by atoms with E-state index in [2.05, 4.69) is 60.7 Å². The highest BCUT2D eigenvalue weighted by Crippen LogP contribution is 2.33. The predicted octanol–water partition coefficient (Wildman–Crippen LogP) is 1.59. The van der Waals surface area contributed by atoms with Crippen molar-refractivity contribution in [2.45, 2.75) is 0 Å². The lowest BCUT2D eigenvalue weighted by molar-refractivity contribution is -0.00000292. The van der Waals surface area contributed by atoms with Gasteiger partial charge in [0.05, 0.1) is 0 Å². The van der Waals surface area contributed by atoms with Gasteiger partial charge in [0, 0.05) is 0 Å². The summed E-state index contributed by atoms with van der Waals surface area (Å²) in [5, 5.41) is 8.14. The molecular weight excluding hydrogens is 272 g/mol. The minimum Gasteiger partial charge on any atom is -1.00 e. The van der Waals surface area contributed by atoms with Crippen LogP contribution in [0.3, 0.4) is 0 Å². The molecule has 0 radical (unpaired) electrons. The zero-order valence-corrected chi connectivity index (χ0v) is 10.7. The number of hydrogen-bond donors (Lipinski definition) is 0. The van der Waals surface area contributed by atoms with Crippen molar-refractivity contribution in [3.8, 4) is 0 Å². The van der Waals surface area contributed by atoms with Gasteiger partial charge in [-0.2, -0.15) is 0 Å². The van der Waals surface area contributed by atoms with E-state index in [0.29, 0.717) is 0 Å². The molecule has 0 heterocycles. The Hall–Kier alpha value is -1.60. The monoisotopic (exact) mass is 281 g/mol. The van der Waals surface area contributed by atoms with Gasteiger partial charge in [-0.05, 0) is 32.3 Å². The summed E-state index contributed by atoms with van der Waals surface area (Å²) >= 11 is 0. The first-order valence-electron chi connectivity index (χ1n) is 5.56. The third-order valence-electron chi connectivity index (χ3n) is 3.39. The molecule has 0 amide bonds. The van der Waals surface area contributed by atoms with E-state index >= 15 is 0 Å². The molecule has 0 saturated carbocycles. The zero-order chi connectivity index (χ0) is 10.5. The summed E-state index contributed by atoms with van der Waals surface area (Å²) in [4.78, 5) is 0. The summed E-state index contributed by atoms with van der Waals surface area (Å²) in [6.45, 7) is 0. The lowest BCUT2D eigenvalue weighted by atomic mass is 9.95. The van der Waals surface area contributed by atoms with Gasteiger partial charge in [0.15, 0.2) is 0 Å². The molecule has 0 N–H and O–H groups in total. The quantitative estimate of drug-likeness (QED) is 0.430. The van der Waals surface area contributed by atoms with Crippen LogP contribution >= 0.6 is 0 Å². The Bertz CT molecular complexity index is 672. The molecule has 82 valence electrons. The highest BCUT2D eigenvalue weighted by atomic mass is 79.9. The Morgan fingerprint density at radius 3 is 1.00 bits per heavy atom. The van der Waals surface area contributed by atoms with Gasteiger partial charge in [-0.1, -0.05) is 60.7 Å². The van der Waals surface area contributed by atoms with Crippen LogP contribution < -0.4 is 17.0 Å². The molecule has 0 aliphatic rings. The summed E-state index contributed by atoms with van der Waals surface area (Å²) in [6.07, 6.45) is 0. The van der Waals surface area contributed by atoms with Crippen molar-refractivity contribution in [3.05, 3.63) is 60.7 Å². The van der Waals surface area contributed by atoms with Crippen molar-refractivity contribution in [1.29, 1.82) is 0 Å². The lowest BCUT2D eigenvalue weighted by Crippen LogP contribution is -3.00. The minimum atomic E-state index is 0. The van der Waals surface area contributed by atoms with Gasteiger partial charge in [-0.3, -0.25) is 0 Å². The Morgan fingerprint density at radius 2 is 0.706 bits per heavy atom. The minimum absolute atomic E-state index is 0. The van der Waals surface area contributed by atoms with Crippen molar-refractivity contribution in [2.24, 2.45) is 0 Å². The molecule has 0 nitrogen and oxygen atoms in total. The molecular formula is C16H10Br-. The summed E-state index contributed by atoms with van der Waals surface area (Å²) in [5.41, 5.74) is 0. The first-order chi connectivity index (χ1) is 7.93. The molecule has 0 aliphatic heterocycles. The Kier molecular flexibility index (Phi) is 2.30. The Labute approximate surface area is 110 Å². The van der Waals surface area contributed by atoms with E-state index < -0.39 is 0 Å². The maximum Gasteiger partial charge on any atom is -0.00268 e. The number of rotatable bonds is 0. The first-order valence-corrected chi connectivity index (χ1v) is 5.56. The highest BCUT2D eigenvalue weighted by molar-refractivity contribution is 6.22. The second-order valence-electron chi connectivity index (χ2n) is 4.29. The van der Waals surface area contributed by atoms with Crippen LogP contribution in [0.15, 0.2) is 60.7 Å². The van der Waals surface area contributed by atoms with Gasteiger partial charge in [-0.15, -0.1) is 0 Å². The van der Waals surface area contributed by atoms with Crippen LogP contribution in [0.2, 0.25) is 0 Å². The van der Waals surface area contributed by atoms with Gasteiger partial charge in [0.1, 0.15) is 0 Å². The van der Waals surface area contributed by atoms with Crippen LogP contribution in [0.5, 0.6) is 0 Å². The van der Waals surface area contributed by atoms with Crippen LogP contribution in [0.25, 0.3) is 32.3 Å². The van der Waals surface area contributed by atoms with Crippen LogP contribution in [0, 0.1) is 0 Å². The first kappa shape index (κ1) is 10.5. The van der Waals surface area contributed by atoms with Crippen LogP contribution in [0.1, 0.15) is 0 Å². The van der Waals surface area contributed by atoms with Gasteiger partial charge < -0.3 is 17.0 Å². The third-order valence-corrected chi connectivity index (χ3v) is 3.39. The molecule has 17 heavy (non-hydrogen) atoms. The van der Waals surface area contributed by atoms with Crippen molar-refractivity contribution in [3.63, 3.8) is 0 Å². The van der Waals surface area contributed by atoms with Gasteiger partial charge in [0.2, 0.25) is 0 Å². The molecule has 4 aromatic carbocycles. The van der Waals surface area contributed by atoms with E-state index in [4.69, 9.17) is 0 Å². The molecule has 0 bridgehead atoms. The smallest absolute Gasteiger partial charge is 0.00268 e. The van der Waals surface area contributed by atoms with Crippen molar-refractivity contribution >= 4 is 32.3 Å². The SMILES string of the molecule is [Br-].c1cc2ccc3cccc4ccc(c1)c2c34. The normalized spacial score (nSPS) is 11.1. The van der Waals surface area contributed by atoms with E-state index in [-0.39, 0.29) is 17.0 Å². The van der Waals surface area contributed by atoms with Gasteiger partial charge in [-0.25, -0.2) is 0 Å². The molecule has 0 fully saturated rings. The highest BCUT2D eigenvalue weighted by Gasteiger charge is 2.05. The molecule has 1 heteroatoms. The maximum atomic E-state index is 2.21. The van der Waals surface area contributed by atoms with E-state index in [1.807, 2.05) is 0 Å². The molecule has 0 unspecified atom stereocenters. The molecule has 0 aliphatic carbocycles. The van der Waals surface area contributed by atoms with Crippen LogP contribution in [-0.2, 0) is 0 Å². The second-order valence-corrected chi connectivity index (χ2v) is 4.29. The largest absolute Gasteiger partial charge is 1.00 e. The van der Waals surface area contributed by atoms with Gasteiger partial charge >= 0.3 is 0 Å². The predicted molar refractivity (Wildman–Crippen MR) is 70.1 cm³/mol. The maximum absolute atomic E-state index is 2.21. The van der Waals surface area contributed by atoms with E-state index in [1.54, 1.807) is 0 Å². The average Bonchev–Trinajstić information content (AvgIpc) is 2.36. The number of halogens is 1. The summed E-state index contributed by atoms with van der Waals surface area (Å²) in [7, 11) is 0. The Morgan fingerprint density at radius 1 is 0.412 bits per heavy atom. The van der Waals surface area contributed by atoms with Crippen molar-refractivity contribution < 1.29 is 17.0 Å². The molecule has 4 aromatic rings. The molecule has 0 spiro atoms. The fourth-order valence-electron chi connectivity index (χ4n) is 2.67. The summed E-state index contributed by atoms with van der Waals surface area (Å²) in [6, 6.07) is 21.9. The molecule has 0 atom stereocenters. The third kappa shape index (κ3) is 1.36. The van der Waals surface area contributed by atoms with E-state index in [1.165, 1.54) is 32.3 Å². The lowest BCUT2D eigenvalue weighted by Gasteiger charge is -2.09. The van der Waals surface area contributed by atoms with Gasteiger partial charge in [0.25, 0.3) is 0 Å². The van der Waals surface area contributed by atoms with E-state index in [9.17, 15) is 0 Å². The fourth-order valence-corrected chi connectivity index (χ4v) is 2.67. The zero-order valence-electron chi connectivity index (χ0n) is 9.15. The fraction of sp³-hybridized carbons (Fsp3) is 0. The Balaban J connectivity index is 0.000000902. The van der Waals surface area contributed by atoms with Crippen molar-refractivity contribution in [1.82, 2.24) is 0 Å². The topological polar surface area (TPSA) is 0 Å². The average molecular weight is 282 g/mol. The number of hydrogen-bond acceptors (Lipinski definition) is 0. The second kappa shape index (κ2) is 3.71. The molecule has 4 rings (SSSR count). The standard InChI is InChI=1S/C16H10.BrH/c1-3-11-7-9-13-5-2-6-14-10-8-12(4-1)15(11)16(13)14;/h1-10H;1H/p-1.